The van der Waals surface area contributed by atoms with Crippen molar-refractivity contribution < 1.29 is 0 Å². The first-order valence-corrected chi connectivity index (χ1v) is 7.18. The van der Waals surface area contributed by atoms with Gasteiger partial charge in [0.2, 0.25) is 0 Å². The Bertz CT molecular complexity index is 356. The molecule has 0 saturated carbocycles. The average molecular weight is 298 g/mol. The molecule has 1 aliphatic heterocycles. The van der Waals surface area contributed by atoms with Gasteiger partial charge >= 0.3 is 0 Å². The van der Waals surface area contributed by atoms with Gasteiger partial charge in [-0.1, -0.05) is 6.92 Å². The molecule has 1 saturated heterocycles. The van der Waals surface area contributed by atoms with Crippen LogP contribution in [0.2, 0.25) is 0 Å². The molecular weight excluding hydrogens is 278 g/mol. The Morgan fingerprint density at radius 1 is 1.47 bits per heavy atom. The van der Waals surface area contributed by atoms with E-state index in [1.807, 2.05) is 6.07 Å². The number of nitrogens with zero attached hydrogens (tertiary/aromatic N) is 2. The van der Waals surface area contributed by atoms with Crippen LogP contribution in [0.5, 0.6) is 0 Å². The summed E-state index contributed by atoms with van der Waals surface area (Å²) in [5.74, 6) is 0. The van der Waals surface area contributed by atoms with Crippen LogP contribution >= 0.6 is 15.9 Å². The van der Waals surface area contributed by atoms with Crippen molar-refractivity contribution in [2.75, 3.05) is 25.0 Å². The molecule has 1 aliphatic rings. The lowest BCUT2D eigenvalue weighted by Gasteiger charge is -2.19. The smallest absolute Gasteiger partial charge is 0.129 e. The van der Waals surface area contributed by atoms with Crippen LogP contribution in [0, 0.1) is 0 Å². The van der Waals surface area contributed by atoms with Gasteiger partial charge in [-0.05, 0) is 60.4 Å². The molecule has 1 atom stereocenters. The van der Waals surface area contributed by atoms with Gasteiger partial charge in [0, 0.05) is 18.8 Å². The van der Waals surface area contributed by atoms with Crippen LogP contribution < -0.4 is 5.32 Å². The molecule has 1 fully saturated rings. The van der Waals surface area contributed by atoms with Crippen LogP contribution in [0.1, 0.15) is 26.2 Å². The van der Waals surface area contributed by atoms with Crippen molar-refractivity contribution in [3.63, 3.8) is 0 Å². The number of nitrogens with one attached hydrogen (secondary N) is 1. The lowest BCUT2D eigenvalue weighted by molar-refractivity contribution is 0.300. The van der Waals surface area contributed by atoms with E-state index in [2.05, 4.69) is 44.1 Å². The fourth-order valence-electron chi connectivity index (χ4n) is 2.33. The van der Waals surface area contributed by atoms with Gasteiger partial charge in [0.15, 0.2) is 0 Å². The zero-order chi connectivity index (χ0) is 12.1. The van der Waals surface area contributed by atoms with E-state index in [1.165, 1.54) is 38.9 Å². The summed E-state index contributed by atoms with van der Waals surface area (Å²) >= 11 is 3.48. The van der Waals surface area contributed by atoms with E-state index in [0.29, 0.717) is 6.04 Å². The number of pyridine rings is 1. The maximum Gasteiger partial charge on any atom is 0.129 e. The minimum absolute atomic E-state index is 0.576. The molecule has 1 aromatic heterocycles. The first-order valence-electron chi connectivity index (χ1n) is 6.39. The summed E-state index contributed by atoms with van der Waals surface area (Å²) in [7, 11) is 0. The fourth-order valence-corrected chi connectivity index (χ4v) is 2.69. The number of hydrogen-bond donors (Lipinski definition) is 1. The summed E-state index contributed by atoms with van der Waals surface area (Å²) < 4.78 is 0.914. The summed E-state index contributed by atoms with van der Waals surface area (Å²) in [4.78, 5) is 6.77. The summed E-state index contributed by atoms with van der Waals surface area (Å²) in [6, 6.07) is 4.63. The minimum Gasteiger partial charge on any atom is -0.380 e. The van der Waals surface area contributed by atoms with Crippen molar-refractivity contribution in [1.82, 2.24) is 9.88 Å². The molecular formula is C13H20BrN3. The standard InChI is InChI=1S/C13H20BrN3/c1-2-17-9-4-5-11(7-10-17)16-12-6-3-8-15-13(12)14/h3,6,8,11,16H,2,4-5,7,9-10H2,1H3. The lowest BCUT2D eigenvalue weighted by Crippen LogP contribution is -2.26. The predicted molar refractivity (Wildman–Crippen MR) is 75.3 cm³/mol. The molecule has 0 amide bonds. The second kappa shape index (κ2) is 6.36. The first-order chi connectivity index (χ1) is 8.29. The van der Waals surface area contributed by atoms with Crippen LogP contribution in [-0.4, -0.2) is 35.6 Å². The minimum atomic E-state index is 0.576. The zero-order valence-corrected chi connectivity index (χ0v) is 11.9. The molecule has 2 heterocycles. The molecule has 4 heteroatoms. The molecule has 2 rings (SSSR count). The summed E-state index contributed by atoms with van der Waals surface area (Å²) in [5, 5.41) is 3.60. The Hall–Kier alpha value is -0.610. The van der Waals surface area contributed by atoms with Crippen LogP contribution in [-0.2, 0) is 0 Å². The number of hydrogen-bond acceptors (Lipinski definition) is 3. The Balaban J connectivity index is 1.93. The highest BCUT2D eigenvalue weighted by Crippen LogP contribution is 2.22. The number of rotatable bonds is 3. The molecule has 0 spiro atoms. The van der Waals surface area contributed by atoms with Gasteiger partial charge in [0.1, 0.15) is 4.60 Å². The topological polar surface area (TPSA) is 28.2 Å². The molecule has 0 aliphatic carbocycles. The van der Waals surface area contributed by atoms with Gasteiger partial charge in [-0.2, -0.15) is 0 Å². The Morgan fingerprint density at radius 2 is 2.35 bits per heavy atom. The molecule has 0 bridgehead atoms. The number of aromatic nitrogens is 1. The van der Waals surface area contributed by atoms with E-state index in [0.717, 1.165) is 10.3 Å². The van der Waals surface area contributed by atoms with Crippen molar-refractivity contribution in [2.24, 2.45) is 0 Å². The fraction of sp³-hybridized carbons (Fsp3) is 0.615. The molecule has 0 radical (unpaired) electrons. The SMILES string of the molecule is CCN1CCCC(Nc2cccnc2Br)CC1. The third-order valence-electron chi connectivity index (χ3n) is 3.39. The highest BCUT2D eigenvalue weighted by Gasteiger charge is 2.16. The van der Waals surface area contributed by atoms with Crippen LogP contribution in [0.3, 0.4) is 0 Å². The van der Waals surface area contributed by atoms with Crippen molar-refractivity contribution >= 4 is 21.6 Å². The average Bonchev–Trinajstić information content (AvgIpc) is 2.57. The monoisotopic (exact) mass is 297 g/mol. The van der Waals surface area contributed by atoms with Gasteiger partial charge in [0.05, 0.1) is 5.69 Å². The second-order valence-electron chi connectivity index (χ2n) is 4.55. The third kappa shape index (κ3) is 3.68. The Morgan fingerprint density at radius 3 is 3.12 bits per heavy atom. The van der Waals surface area contributed by atoms with E-state index in [4.69, 9.17) is 0 Å². The number of likely N-dealkylation sites (tertiary alicyclic amines) is 1. The Labute approximate surface area is 112 Å². The van der Waals surface area contributed by atoms with E-state index in [9.17, 15) is 0 Å². The van der Waals surface area contributed by atoms with Crippen LogP contribution in [0.4, 0.5) is 5.69 Å². The second-order valence-corrected chi connectivity index (χ2v) is 5.30. The quantitative estimate of drug-likeness (QED) is 0.869. The lowest BCUT2D eigenvalue weighted by atomic mass is 10.1. The van der Waals surface area contributed by atoms with Gasteiger partial charge < -0.3 is 10.2 Å². The molecule has 1 N–H and O–H groups in total. The van der Waals surface area contributed by atoms with E-state index in [1.54, 1.807) is 6.20 Å². The number of anilines is 1. The molecule has 0 aromatic carbocycles. The van der Waals surface area contributed by atoms with Crippen molar-refractivity contribution in [3.05, 3.63) is 22.9 Å². The van der Waals surface area contributed by atoms with Crippen LogP contribution in [0.25, 0.3) is 0 Å². The van der Waals surface area contributed by atoms with Crippen molar-refractivity contribution in [2.45, 2.75) is 32.2 Å². The van der Waals surface area contributed by atoms with Crippen LogP contribution in [0.15, 0.2) is 22.9 Å². The zero-order valence-electron chi connectivity index (χ0n) is 10.3. The highest BCUT2D eigenvalue weighted by molar-refractivity contribution is 9.10. The van der Waals surface area contributed by atoms with Gasteiger partial charge in [0.25, 0.3) is 0 Å². The molecule has 1 aromatic rings. The van der Waals surface area contributed by atoms with E-state index < -0.39 is 0 Å². The molecule has 1 unspecified atom stereocenters. The normalized spacial score (nSPS) is 22.1. The summed E-state index contributed by atoms with van der Waals surface area (Å²) in [6.45, 7) is 5.85. The van der Waals surface area contributed by atoms with Gasteiger partial charge in [-0.3, -0.25) is 0 Å². The number of halogens is 1. The first kappa shape index (κ1) is 12.8. The van der Waals surface area contributed by atoms with Crippen molar-refractivity contribution in [1.29, 1.82) is 0 Å². The summed E-state index contributed by atoms with van der Waals surface area (Å²) in [5.41, 5.74) is 1.11. The summed E-state index contributed by atoms with van der Waals surface area (Å²) in [6.07, 6.45) is 5.55. The maximum absolute atomic E-state index is 4.24. The largest absolute Gasteiger partial charge is 0.380 e. The van der Waals surface area contributed by atoms with Gasteiger partial charge in [-0.15, -0.1) is 0 Å². The Kier molecular flexibility index (Phi) is 4.80. The molecule has 94 valence electrons. The predicted octanol–water partition coefficient (Wildman–Crippen LogP) is 3.13. The van der Waals surface area contributed by atoms with Gasteiger partial charge in [-0.25, -0.2) is 4.98 Å². The molecule has 3 nitrogen and oxygen atoms in total. The highest BCUT2D eigenvalue weighted by atomic mass is 79.9. The van der Waals surface area contributed by atoms with Crippen molar-refractivity contribution in [3.8, 4) is 0 Å². The van der Waals surface area contributed by atoms with E-state index in [-0.39, 0.29) is 0 Å². The molecule has 17 heavy (non-hydrogen) atoms. The van der Waals surface area contributed by atoms with E-state index >= 15 is 0 Å². The third-order valence-corrected chi connectivity index (χ3v) is 4.02. The maximum atomic E-state index is 4.24.